The molecule has 26 heavy (non-hydrogen) atoms. The Labute approximate surface area is 155 Å². The zero-order chi connectivity index (χ0) is 18.1. The minimum Gasteiger partial charge on any atom is -0.464 e. The van der Waals surface area contributed by atoms with Gasteiger partial charge in [-0.3, -0.25) is 9.59 Å². The summed E-state index contributed by atoms with van der Waals surface area (Å²) >= 11 is 6.28. The Morgan fingerprint density at radius 1 is 1.19 bits per heavy atom. The first-order chi connectivity index (χ1) is 12.6. The summed E-state index contributed by atoms with van der Waals surface area (Å²) in [4.78, 5) is 27.1. The standard InChI is InChI=1S/C20H17ClN2O3/c21-16-7-3-1-6-15(16)19-20(25)22-9-10-23(19)18(24)11-13-12-26-17-8-4-2-5-14(13)17/h1-8,12,19H,9-11H2,(H,22,25). The fourth-order valence-electron chi connectivity index (χ4n) is 3.38. The molecule has 2 aromatic carbocycles. The van der Waals surface area contributed by atoms with Crippen molar-refractivity contribution in [3.63, 3.8) is 0 Å². The van der Waals surface area contributed by atoms with Gasteiger partial charge in [0.2, 0.25) is 11.8 Å². The van der Waals surface area contributed by atoms with Crippen molar-refractivity contribution in [2.45, 2.75) is 12.5 Å². The third-order valence-electron chi connectivity index (χ3n) is 4.63. The number of nitrogens with zero attached hydrogens (tertiary/aromatic N) is 1. The average molecular weight is 369 g/mol. The zero-order valence-corrected chi connectivity index (χ0v) is 14.7. The Hall–Kier alpha value is -2.79. The van der Waals surface area contributed by atoms with Gasteiger partial charge in [-0.2, -0.15) is 0 Å². The van der Waals surface area contributed by atoms with Gasteiger partial charge in [-0.05, 0) is 12.1 Å². The van der Waals surface area contributed by atoms with E-state index in [2.05, 4.69) is 5.32 Å². The lowest BCUT2D eigenvalue weighted by atomic mass is 10.0. The third-order valence-corrected chi connectivity index (χ3v) is 4.98. The van der Waals surface area contributed by atoms with E-state index in [9.17, 15) is 9.59 Å². The van der Waals surface area contributed by atoms with E-state index < -0.39 is 6.04 Å². The number of carbonyl (C=O) groups is 2. The van der Waals surface area contributed by atoms with Crippen molar-refractivity contribution in [3.8, 4) is 0 Å². The van der Waals surface area contributed by atoms with Crippen molar-refractivity contribution >= 4 is 34.4 Å². The number of para-hydroxylation sites is 1. The smallest absolute Gasteiger partial charge is 0.247 e. The van der Waals surface area contributed by atoms with Crippen LogP contribution < -0.4 is 5.32 Å². The first kappa shape index (κ1) is 16.7. The molecule has 1 fully saturated rings. The maximum atomic E-state index is 13.0. The van der Waals surface area contributed by atoms with Gasteiger partial charge >= 0.3 is 0 Å². The lowest BCUT2D eigenvalue weighted by molar-refractivity contribution is -0.143. The van der Waals surface area contributed by atoms with E-state index in [0.717, 1.165) is 16.5 Å². The second kappa shape index (κ2) is 6.84. The molecule has 2 amide bonds. The molecule has 132 valence electrons. The molecule has 6 heteroatoms. The lowest BCUT2D eigenvalue weighted by Gasteiger charge is -2.35. The van der Waals surface area contributed by atoms with Crippen LogP contribution in [0.5, 0.6) is 0 Å². The number of amides is 2. The third kappa shape index (κ3) is 2.95. The average Bonchev–Trinajstić information content (AvgIpc) is 3.05. The Morgan fingerprint density at radius 2 is 1.96 bits per heavy atom. The Balaban J connectivity index is 1.65. The summed E-state index contributed by atoms with van der Waals surface area (Å²) < 4.78 is 5.52. The maximum Gasteiger partial charge on any atom is 0.247 e. The highest BCUT2D eigenvalue weighted by atomic mass is 35.5. The maximum absolute atomic E-state index is 13.0. The van der Waals surface area contributed by atoms with Crippen LogP contribution in [-0.4, -0.2) is 29.8 Å². The second-order valence-electron chi connectivity index (χ2n) is 6.24. The number of rotatable bonds is 3. The predicted molar refractivity (Wildman–Crippen MR) is 98.8 cm³/mol. The zero-order valence-electron chi connectivity index (χ0n) is 13.9. The van der Waals surface area contributed by atoms with E-state index in [1.807, 2.05) is 30.3 Å². The predicted octanol–water partition coefficient (Wildman–Crippen LogP) is 3.33. The summed E-state index contributed by atoms with van der Waals surface area (Å²) in [7, 11) is 0. The molecule has 1 aliphatic heterocycles. The molecule has 2 heterocycles. The molecule has 0 saturated carbocycles. The Kier molecular flexibility index (Phi) is 4.39. The van der Waals surface area contributed by atoms with Gasteiger partial charge in [0.15, 0.2) is 0 Å². The molecular weight excluding hydrogens is 352 g/mol. The van der Waals surface area contributed by atoms with Crippen LogP contribution >= 0.6 is 11.6 Å². The van der Waals surface area contributed by atoms with E-state index >= 15 is 0 Å². The molecule has 3 aromatic rings. The van der Waals surface area contributed by atoms with Gasteiger partial charge < -0.3 is 14.6 Å². The molecule has 1 aromatic heterocycles. The van der Waals surface area contributed by atoms with Gasteiger partial charge in [0.25, 0.3) is 0 Å². The van der Waals surface area contributed by atoms with Gasteiger partial charge in [0, 0.05) is 34.6 Å². The molecule has 0 radical (unpaired) electrons. The van der Waals surface area contributed by atoms with E-state index in [0.29, 0.717) is 23.7 Å². The summed E-state index contributed by atoms with van der Waals surface area (Å²) in [6.45, 7) is 0.869. The van der Waals surface area contributed by atoms with Crippen LogP contribution in [0.3, 0.4) is 0 Å². The van der Waals surface area contributed by atoms with Gasteiger partial charge in [-0.15, -0.1) is 0 Å². The highest BCUT2D eigenvalue weighted by Crippen LogP contribution is 2.30. The molecular formula is C20H17ClN2O3. The summed E-state index contributed by atoms with van der Waals surface area (Å²) in [5.41, 5.74) is 2.19. The highest BCUT2D eigenvalue weighted by Gasteiger charge is 2.35. The molecule has 0 bridgehead atoms. The van der Waals surface area contributed by atoms with Crippen LogP contribution in [0.4, 0.5) is 0 Å². The van der Waals surface area contributed by atoms with Crippen molar-refractivity contribution in [1.29, 1.82) is 0 Å². The van der Waals surface area contributed by atoms with Crippen LogP contribution in [0.1, 0.15) is 17.2 Å². The summed E-state index contributed by atoms with van der Waals surface area (Å²) in [6.07, 6.45) is 1.78. The van der Waals surface area contributed by atoms with E-state index in [4.69, 9.17) is 16.0 Å². The fourth-order valence-corrected chi connectivity index (χ4v) is 3.61. The van der Waals surface area contributed by atoms with Crippen molar-refractivity contribution in [3.05, 3.63) is 70.9 Å². The number of piperazine rings is 1. The summed E-state index contributed by atoms with van der Waals surface area (Å²) in [6, 6.07) is 14.0. The number of benzene rings is 2. The minimum absolute atomic E-state index is 0.128. The number of hydrogen-bond acceptors (Lipinski definition) is 3. The molecule has 1 atom stereocenters. The van der Waals surface area contributed by atoms with Crippen molar-refractivity contribution in [1.82, 2.24) is 10.2 Å². The molecule has 1 unspecified atom stereocenters. The Morgan fingerprint density at radius 3 is 2.81 bits per heavy atom. The number of halogens is 1. The molecule has 1 saturated heterocycles. The number of fused-ring (bicyclic) bond motifs is 1. The van der Waals surface area contributed by atoms with E-state index in [-0.39, 0.29) is 18.2 Å². The van der Waals surface area contributed by atoms with Gasteiger partial charge in [-0.25, -0.2) is 0 Å². The lowest BCUT2D eigenvalue weighted by Crippen LogP contribution is -2.52. The van der Waals surface area contributed by atoms with Gasteiger partial charge in [0.05, 0.1) is 12.7 Å². The van der Waals surface area contributed by atoms with Crippen LogP contribution in [0.2, 0.25) is 5.02 Å². The SMILES string of the molecule is O=C1NCCN(C(=O)Cc2coc3ccccc23)C1c1ccccc1Cl. The molecule has 1 N–H and O–H groups in total. The van der Waals surface area contributed by atoms with Crippen LogP contribution in [0, 0.1) is 0 Å². The van der Waals surface area contributed by atoms with Crippen LogP contribution in [0.15, 0.2) is 59.2 Å². The van der Waals surface area contributed by atoms with Crippen LogP contribution in [-0.2, 0) is 16.0 Å². The molecule has 1 aliphatic rings. The molecule has 4 rings (SSSR count). The molecule has 5 nitrogen and oxygen atoms in total. The normalized spacial score (nSPS) is 17.3. The van der Waals surface area contributed by atoms with Crippen LogP contribution in [0.25, 0.3) is 11.0 Å². The van der Waals surface area contributed by atoms with Crippen molar-refractivity contribution < 1.29 is 14.0 Å². The molecule has 0 aliphatic carbocycles. The van der Waals surface area contributed by atoms with E-state index in [1.165, 1.54) is 0 Å². The number of hydrogen-bond donors (Lipinski definition) is 1. The summed E-state index contributed by atoms with van der Waals surface area (Å²) in [5, 5.41) is 4.21. The quantitative estimate of drug-likeness (QED) is 0.771. The van der Waals surface area contributed by atoms with Crippen molar-refractivity contribution in [2.24, 2.45) is 0 Å². The number of furan rings is 1. The number of nitrogens with one attached hydrogen (secondary N) is 1. The monoisotopic (exact) mass is 368 g/mol. The van der Waals surface area contributed by atoms with Gasteiger partial charge in [-0.1, -0.05) is 48.0 Å². The largest absolute Gasteiger partial charge is 0.464 e. The first-order valence-corrected chi connectivity index (χ1v) is 8.79. The number of carbonyl (C=O) groups excluding carboxylic acids is 2. The second-order valence-corrected chi connectivity index (χ2v) is 6.64. The van der Waals surface area contributed by atoms with E-state index in [1.54, 1.807) is 29.4 Å². The first-order valence-electron chi connectivity index (χ1n) is 8.42. The van der Waals surface area contributed by atoms with Crippen molar-refractivity contribution in [2.75, 3.05) is 13.1 Å². The highest BCUT2D eigenvalue weighted by molar-refractivity contribution is 6.31. The topological polar surface area (TPSA) is 62.6 Å². The molecule has 0 spiro atoms. The Bertz CT molecular complexity index is 982. The minimum atomic E-state index is -0.719. The summed E-state index contributed by atoms with van der Waals surface area (Å²) in [5.74, 6) is -0.342. The fraction of sp³-hybridized carbons (Fsp3) is 0.200. The van der Waals surface area contributed by atoms with Gasteiger partial charge in [0.1, 0.15) is 11.6 Å².